The predicted octanol–water partition coefficient (Wildman–Crippen LogP) is 3.16. The lowest BCUT2D eigenvalue weighted by molar-refractivity contribution is -0.171. The molecule has 0 amide bonds. The van der Waals surface area contributed by atoms with Crippen LogP contribution in [0.5, 0.6) is 0 Å². The number of esters is 1. The molecule has 0 radical (unpaired) electrons. The van der Waals surface area contributed by atoms with Gasteiger partial charge in [-0.05, 0) is 61.8 Å². The van der Waals surface area contributed by atoms with E-state index in [2.05, 4.69) is 11.9 Å². The lowest BCUT2D eigenvalue weighted by atomic mass is 9.70. The van der Waals surface area contributed by atoms with E-state index in [4.69, 9.17) is 19.9 Å². The third-order valence-electron chi connectivity index (χ3n) is 8.46. The molecule has 5 atom stereocenters. The molecule has 170 valence electrons. The van der Waals surface area contributed by atoms with E-state index < -0.39 is 18.2 Å². The molecule has 8 nitrogen and oxygen atoms in total. The quantitative estimate of drug-likeness (QED) is 0.498. The Bertz CT molecular complexity index is 919. The Morgan fingerprint density at radius 2 is 2.13 bits per heavy atom. The number of nitrogens with zero attached hydrogens (tertiary/aromatic N) is 2. The van der Waals surface area contributed by atoms with Gasteiger partial charge in [-0.1, -0.05) is 26.2 Å². The molecule has 2 heterocycles. The number of aromatic nitrogens is 2. The molecule has 2 bridgehead atoms. The first-order valence-corrected chi connectivity index (χ1v) is 11.7. The molecular formula is C23H33N3O5. The first-order valence-electron chi connectivity index (χ1n) is 11.7. The van der Waals surface area contributed by atoms with E-state index in [0.29, 0.717) is 10.8 Å². The van der Waals surface area contributed by atoms with Crippen LogP contribution in [-0.2, 0) is 19.0 Å². The zero-order valence-corrected chi connectivity index (χ0v) is 18.3. The van der Waals surface area contributed by atoms with Crippen molar-refractivity contribution in [1.82, 2.24) is 9.55 Å². The van der Waals surface area contributed by atoms with Crippen LogP contribution >= 0.6 is 0 Å². The van der Waals surface area contributed by atoms with Crippen molar-refractivity contribution in [3.63, 3.8) is 0 Å². The van der Waals surface area contributed by atoms with E-state index >= 15 is 0 Å². The predicted molar refractivity (Wildman–Crippen MR) is 113 cm³/mol. The summed E-state index contributed by atoms with van der Waals surface area (Å²) in [5, 5.41) is 0. The number of carbonyl (C=O) groups excluding carboxylic acids is 1. The van der Waals surface area contributed by atoms with Crippen LogP contribution in [0.25, 0.3) is 0 Å². The molecule has 8 heteroatoms. The topological polar surface area (TPSA) is 106 Å². The van der Waals surface area contributed by atoms with Gasteiger partial charge in [0.15, 0.2) is 12.5 Å². The van der Waals surface area contributed by atoms with E-state index in [1.807, 2.05) is 0 Å². The lowest BCUT2D eigenvalue weighted by Crippen LogP contribution is -2.36. The fourth-order valence-electron chi connectivity index (χ4n) is 6.64. The molecule has 4 aliphatic rings. The van der Waals surface area contributed by atoms with Crippen molar-refractivity contribution in [2.24, 2.45) is 16.2 Å². The second-order valence-corrected chi connectivity index (χ2v) is 10.1. The maximum atomic E-state index is 13.1. The van der Waals surface area contributed by atoms with Gasteiger partial charge in [-0.25, -0.2) is 4.79 Å². The number of ether oxygens (including phenoxy) is 3. The average Bonchev–Trinajstić information content (AvgIpc) is 3.00. The first-order chi connectivity index (χ1) is 14.9. The van der Waals surface area contributed by atoms with Crippen LogP contribution in [0.3, 0.4) is 0 Å². The van der Waals surface area contributed by atoms with Crippen molar-refractivity contribution in [3.8, 4) is 0 Å². The number of unbranched alkanes of at least 4 members (excludes halogenated alkanes) is 2. The van der Waals surface area contributed by atoms with Crippen molar-refractivity contribution in [1.29, 1.82) is 0 Å². The number of hydrogen-bond donors (Lipinski definition) is 1. The van der Waals surface area contributed by atoms with Gasteiger partial charge in [-0.15, -0.1) is 0 Å². The molecule has 1 spiro atoms. The third kappa shape index (κ3) is 3.48. The Morgan fingerprint density at radius 3 is 2.94 bits per heavy atom. The van der Waals surface area contributed by atoms with Crippen molar-refractivity contribution in [2.75, 3.05) is 18.9 Å². The highest BCUT2D eigenvalue weighted by molar-refractivity contribution is 5.78. The monoisotopic (exact) mass is 431 g/mol. The molecule has 1 saturated heterocycles. The van der Waals surface area contributed by atoms with E-state index in [1.54, 1.807) is 0 Å². The minimum Gasteiger partial charge on any atom is -0.460 e. The number of carbonyl (C=O) groups is 1. The summed E-state index contributed by atoms with van der Waals surface area (Å²) in [5.41, 5.74) is 5.63. The first kappa shape index (κ1) is 20.9. The molecule has 1 unspecified atom stereocenters. The summed E-state index contributed by atoms with van der Waals surface area (Å²) in [6.07, 6.45) is 12.0. The van der Waals surface area contributed by atoms with E-state index in [0.717, 1.165) is 25.7 Å². The van der Waals surface area contributed by atoms with Gasteiger partial charge in [0.25, 0.3) is 0 Å². The zero-order valence-electron chi connectivity index (χ0n) is 18.3. The maximum absolute atomic E-state index is 13.1. The average molecular weight is 432 g/mol. The third-order valence-corrected chi connectivity index (χ3v) is 8.46. The second-order valence-electron chi connectivity index (χ2n) is 10.1. The SMILES string of the molecule is CCCCC[C@@]12CC[C@@]3(C(=O)OC[C@H]4OC[C@@H](n5ccc(N)nc5=O)O4)CCC1(C3)C2. The highest BCUT2D eigenvalue weighted by Gasteiger charge is 2.74. The highest BCUT2D eigenvalue weighted by atomic mass is 16.7. The summed E-state index contributed by atoms with van der Waals surface area (Å²) in [4.78, 5) is 28.8. The number of anilines is 1. The van der Waals surface area contributed by atoms with E-state index in [1.165, 1.54) is 55.4 Å². The highest BCUT2D eigenvalue weighted by Crippen LogP contribution is 2.82. The lowest BCUT2D eigenvalue weighted by Gasteiger charge is -2.35. The molecule has 3 aliphatic carbocycles. The molecule has 1 aliphatic heterocycles. The molecule has 4 fully saturated rings. The van der Waals surface area contributed by atoms with Gasteiger partial charge in [0.1, 0.15) is 12.4 Å². The summed E-state index contributed by atoms with van der Waals surface area (Å²) in [6.45, 7) is 2.49. The number of nitrogen functional groups attached to an aromatic ring is 1. The van der Waals surface area contributed by atoms with Gasteiger partial charge in [-0.2, -0.15) is 4.98 Å². The van der Waals surface area contributed by atoms with Gasteiger partial charge in [-0.3, -0.25) is 9.36 Å². The van der Waals surface area contributed by atoms with Gasteiger partial charge in [0.2, 0.25) is 0 Å². The summed E-state index contributed by atoms with van der Waals surface area (Å²) < 4.78 is 18.4. The number of fused-ring (bicyclic) bond motifs is 1. The summed E-state index contributed by atoms with van der Waals surface area (Å²) in [7, 11) is 0. The standard InChI is InChI=1S/C23H33N3O5/c1-2-3-4-6-22-9-7-21(8-10-23(22,14-21)15-22)19(27)30-13-18-29-12-17(31-18)26-11-5-16(24)25-20(26)28/h5,11,17-18H,2-4,6-10,12-15H2,1H3,(H2,24,25,28)/t17-,18-,21+,22-,23?/m0/s1. The van der Waals surface area contributed by atoms with Gasteiger partial charge in [0, 0.05) is 6.20 Å². The zero-order chi connectivity index (χ0) is 21.7. The fourth-order valence-corrected chi connectivity index (χ4v) is 6.64. The van der Waals surface area contributed by atoms with Gasteiger partial charge >= 0.3 is 11.7 Å². The molecular weight excluding hydrogens is 398 g/mol. The van der Waals surface area contributed by atoms with Crippen LogP contribution in [0, 0.1) is 16.2 Å². The molecule has 2 N–H and O–H groups in total. The van der Waals surface area contributed by atoms with Crippen molar-refractivity contribution < 1.29 is 19.0 Å². The summed E-state index contributed by atoms with van der Waals surface area (Å²) in [5.74, 6) is 0.0668. The van der Waals surface area contributed by atoms with Crippen molar-refractivity contribution in [2.45, 2.75) is 83.6 Å². The van der Waals surface area contributed by atoms with Crippen LogP contribution in [0.15, 0.2) is 17.1 Å². The van der Waals surface area contributed by atoms with Crippen LogP contribution in [0.2, 0.25) is 0 Å². The summed E-state index contributed by atoms with van der Waals surface area (Å²) >= 11 is 0. The maximum Gasteiger partial charge on any atom is 0.351 e. The normalized spacial score (nSPS) is 38.1. The van der Waals surface area contributed by atoms with Crippen molar-refractivity contribution >= 4 is 11.8 Å². The Kier molecular flexibility index (Phi) is 5.13. The largest absolute Gasteiger partial charge is 0.460 e. The van der Waals surface area contributed by atoms with E-state index in [-0.39, 0.29) is 30.4 Å². The van der Waals surface area contributed by atoms with Crippen LogP contribution in [-0.4, -0.2) is 35.0 Å². The van der Waals surface area contributed by atoms with Crippen LogP contribution in [0.1, 0.15) is 77.4 Å². The van der Waals surface area contributed by atoms with Gasteiger partial charge in [0.05, 0.1) is 12.0 Å². The smallest absolute Gasteiger partial charge is 0.351 e. The Hall–Kier alpha value is -1.93. The fraction of sp³-hybridized carbons (Fsp3) is 0.783. The Labute approximate surface area is 182 Å². The minimum absolute atomic E-state index is 0.0445. The Balaban J connectivity index is 1.14. The Morgan fingerprint density at radius 1 is 1.29 bits per heavy atom. The van der Waals surface area contributed by atoms with Crippen LogP contribution in [0.4, 0.5) is 5.82 Å². The minimum atomic E-state index is -0.678. The van der Waals surface area contributed by atoms with Gasteiger partial charge < -0.3 is 19.9 Å². The molecule has 31 heavy (non-hydrogen) atoms. The second kappa shape index (κ2) is 7.59. The number of rotatable bonds is 8. The molecule has 5 rings (SSSR count). The van der Waals surface area contributed by atoms with Crippen LogP contribution < -0.4 is 11.4 Å². The molecule has 3 saturated carbocycles. The molecule has 0 aromatic carbocycles. The molecule has 1 aromatic rings. The van der Waals surface area contributed by atoms with E-state index in [9.17, 15) is 9.59 Å². The number of nitrogens with two attached hydrogens (primary N) is 1. The number of hydrogen-bond acceptors (Lipinski definition) is 7. The van der Waals surface area contributed by atoms with Crippen molar-refractivity contribution in [3.05, 3.63) is 22.7 Å². The molecule has 1 aromatic heterocycles. The summed E-state index contributed by atoms with van der Waals surface area (Å²) in [6, 6.07) is 1.54.